The number of likely N-dealkylation sites (N-methyl/N-ethyl adjacent to an activating group) is 1. The van der Waals surface area contributed by atoms with Gasteiger partial charge in [-0.3, -0.25) is 0 Å². The highest BCUT2D eigenvalue weighted by atomic mass is 15.1. The summed E-state index contributed by atoms with van der Waals surface area (Å²) in [4.78, 5) is 2.28. The van der Waals surface area contributed by atoms with Gasteiger partial charge in [0.15, 0.2) is 0 Å². The van der Waals surface area contributed by atoms with Crippen LogP contribution in [-0.4, -0.2) is 18.5 Å². The Kier molecular flexibility index (Phi) is 4.94. The maximum Gasteiger partial charge on any atom is 0.0427 e. The fourth-order valence-corrected chi connectivity index (χ4v) is 2.55. The van der Waals surface area contributed by atoms with Crippen LogP contribution < -0.4 is 5.73 Å². The molecular weight excluding hydrogens is 244 g/mol. The zero-order valence-corrected chi connectivity index (χ0v) is 12.6. The molecule has 2 rings (SSSR count). The molecule has 20 heavy (non-hydrogen) atoms. The summed E-state index contributed by atoms with van der Waals surface area (Å²) >= 11 is 0. The van der Waals surface area contributed by atoms with Crippen molar-refractivity contribution in [1.29, 1.82) is 0 Å². The summed E-state index contributed by atoms with van der Waals surface area (Å²) in [5.74, 6) is 0. The molecule has 0 fully saturated rings. The largest absolute Gasteiger partial charge is 0.323 e. The Morgan fingerprint density at radius 1 is 1.05 bits per heavy atom. The van der Waals surface area contributed by atoms with Crippen LogP contribution in [0, 0.1) is 13.8 Å². The number of benzene rings is 2. The number of aryl methyl sites for hydroxylation is 2. The van der Waals surface area contributed by atoms with Crippen LogP contribution in [0.4, 0.5) is 0 Å². The predicted octanol–water partition coefficient (Wildman–Crippen LogP) is 3.44. The Bertz CT molecular complexity index is 549. The van der Waals surface area contributed by atoms with E-state index in [1.807, 2.05) is 6.07 Å². The summed E-state index contributed by atoms with van der Waals surface area (Å²) in [6.45, 7) is 6.04. The van der Waals surface area contributed by atoms with E-state index in [0.29, 0.717) is 0 Å². The molecule has 1 unspecified atom stereocenters. The molecule has 0 bridgehead atoms. The van der Waals surface area contributed by atoms with E-state index in [-0.39, 0.29) is 6.04 Å². The third kappa shape index (κ3) is 3.92. The normalized spacial score (nSPS) is 12.7. The molecule has 106 valence electrons. The van der Waals surface area contributed by atoms with E-state index < -0.39 is 0 Å². The topological polar surface area (TPSA) is 29.3 Å². The summed E-state index contributed by atoms with van der Waals surface area (Å²) in [6.07, 6.45) is 0. The minimum absolute atomic E-state index is 0.0589. The van der Waals surface area contributed by atoms with Crippen LogP contribution in [0.1, 0.15) is 28.3 Å². The van der Waals surface area contributed by atoms with Crippen LogP contribution in [0.2, 0.25) is 0 Å². The fraction of sp³-hybridized carbons (Fsp3) is 0.333. The van der Waals surface area contributed by atoms with Gasteiger partial charge in [0.05, 0.1) is 0 Å². The average Bonchev–Trinajstić information content (AvgIpc) is 2.42. The van der Waals surface area contributed by atoms with Crippen LogP contribution in [0.3, 0.4) is 0 Å². The molecule has 0 saturated carbocycles. The first kappa shape index (κ1) is 14.8. The molecule has 0 amide bonds. The van der Waals surface area contributed by atoms with Gasteiger partial charge in [-0.1, -0.05) is 54.1 Å². The quantitative estimate of drug-likeness (QED) is 0.900. The van der Waals surface area contributed by atoms with Gasteiger partial charge in [-0.25, -0.2) is 0 Å². The molecule has 0 saturated heterocycles. The minimum Gasteiger partial charge on any atom is -0.323 e. The van der Waals surface area contributed by atoms with Crippen LogP contribution >= 0.6 is 0 Å². The Hall–Kier alpha value is -1.64. The monoisotopic (exact) mass is 268 g/mol. The van der Waals surface area contributed by atoms with Gasteiger partial charge in [0.2, 0.25) is 0 Å². The smallest absolute Gasteiger partial charge is 0.0427 e. The fourth-order valence-electron chi connectivity index (χ4n) is 2.55. The summed E-state index contributed by atoms with van der Waals surface area (Å²) in [5, 5.41) is 0. The third-order valence-corrected chi connectivity index (χ3v) is 3.64. The zero-order valence-electron chi connectivity index (χ0n) is 12.6. The van der Waals surface area contributed by atoms with Gasteiger partial charge in [0, 0.05) is 19.1 Å². The van der Waals surface area contributed by atoms with Gasteiger partial charge >= 0.3 is 0 Å². The molecule has 2 aromatic rings. The summed E-state index contributed by atoms with van der Waals surface area (Å²) in [6, 6.07) is 17.1. The van der Waals surface area contributed by atoms with E-state index in [0.717, 1.165) is 13.1 Å². The van der Waals surface area contributed by atoms with Gasteiger partial charge in [0.25, 0.3) is 0 Å². The predicted molar refractivity (Wildman–Crippen MR) is 85.6 cm³/mol. The molecule has 2 aromatic carbocycles. The molecule has 2 N–H and O–H groups in total. The third-order valence-electron chi connectivity index (χ3n) is 3.64. The Labute approximate surface area is 122 Å². The average molecular weight is 268 g/mol. The summed E-state index contributed by atoms with van der Waals surface area (Å²) < 4.78 is 0. The van der Waals surface area contributed by atoms with Gasteiger partial charge in [-0.2, -0.15) is 0 Å². The van der Waals surface area contributed by atoms with Crippen molar-refractivity contribution in [3.8, 4) is 0 Å². The summed E-state index contributed by atoms with van der Waals surface area (Å²) in [7, 11) is 2.12. The van der Waals surface area contributed by atoms with Gasteiger partial charge in [0.1, 0.15) is 0 Å². The Morgan fingerprint density at radius 2 is 1.75 bits per heavy atom. The van der Waals surface area contributed by atoms with Crippen molar-refractivity contribution >= 4 is 0 Å². The molecule has 2 heteroatoms. The van der Waals surface area contributed by atoms with E-state index >= 15 is 0 Å². The zero-order chi connectivity index (χ0) is 14.5. The summed E-state index contributed by atoms with van der Waals surface area (Å²) in [5.41, 5.74) is 11.5. The lowest BCUT2D eigenvalue weighted by Crippen LogP contribution is -2.29. The van der Waals surface area contributed by atoms with Gasteiger partial charge in [-0.15, -0.1) is 0 Å². The number of hydrogen-bond donors (Lipinski definition) is 1. The lowest BCUT2D eigenvalue weighted by atomic mass is 9.99. The molecule has 0 aromatic heterocycles. The highest BCUT2D eigenvalue weighted by molar-refractivity contribution is 5.33. The molecule has 0 aliphatic rings. The van der Waals surface area contributed by atoms with Crippen molar-refractivity contribution < 1.29 is 0 Å². The Balaban J connectivity index is 2.00. The van der Waals surface area contributed by atoms with E-state index in [9.17, 15) is 0 Å². The maximum absolute atomic E-state index is 6.38. The van der Waals surface area contributed by atoms with E-state index in [1.165, 1.54) is 22.3 Å². The van der Waals surface area contributed by atoms with Crippen molar-refractivity contribution in [2.24, 2.45) is 5.73 Å². The lowest BCUT2D eigenvalue weighted by Gasteiger charge is -2.23. The van der Waals surface area contributed by atoms with Gasteiger partial charge < -0.3 is 10.6 Å². The lowest BCUT2D eigenvalue weighted by molar-refractivity contribution is 0.305. The van der Waals surface area contributed by atoms with Crippen molar-refractivity contribution in [3.05, 3.63) is 70.8 Å². The second-order valence-electron chi connectivity index (χ2n) is 5.65. The molecule has 0 radical (unpaired) electrons. The van der Waals surface area contributed by atoms with Crippen molar-refractivity contribution in [2.45, 2.75) is 26.4 Å². The second-order valence-corrected chi connectivity index (χ2v) is 5.65. The number of rotatable bonds is 5. The molecule has 0 aliphatic heterocycles. The maximum atomic E-state index is 6.38. The highest BCUT2D eigenvalue weighted by Gasteiger charge is 2.12. The van der Waals surface area contributed by atoms with E-state index in [1.54, 1.807) is 0 Å². The highest BCUT2D eigenvalue weighted by Crippen LogP contribution is 2.18. The minimum atomic E-state index is 0.0589. The number of nitrogens with zero attached hydrogens (tertiary/aromatic N) is 1. The van der Waals surface area contributed by atoms with E-state index in [4.69, 9.17) is 5.73 Å². The number of hydrogen-bond acceptors (Lipinski definition) is 2. The first-order valence-corrected chi connectivity index (χ1v) is 7.11. The van der Waals surface area contributed by atoms with Crippen LogP contribution in [0.25, 0.3) is 0 Å². The first-order chi connectivity index (χ1) is 9.56. The van der Waals surface area contributed by atoms with Gasteiger partial charge in [-0.05, 0) is 37.6 Å². The van der Waals surface area contributed by atoms with Crippen molar-refractivity contribution in [1.82, 2.24) is 4.90 Å². The van der Waals surface area contributed by atoms with Crippen molar-refractivity contribution in [3.63, 3.8) is 0 Å². The van der Waals surface area contributed by atoms with Crippen LogP contribution in [0.5, 0.6) is 0 Å². The molecule has 2 nitrogen and oxygen atoms in total. The van der Waals surface area contributed by atoms with E-state index in [2.05, 4.69) is 68.3 Å². The Morgan fingerprint density at radius 3 is 2.45 bits per heavy atom. The van der Waals surface area contributed by atoms with Crippen LogP contribution in [-0.2, 0) is 6.54 Å². The molecule has 0 aliphatic carbocycles. The molecule has 0 spiro atoms. The van der Waals surface area contributed by atoms with Crippen LogP contribution in [0.15, 0.2) is 48.5 Å². The molecule has 0 heterocycles. The SMILES string of the molecule is Cc1ccc(C)c(C(N)CN(C)Cc2ccccc2)c1. The second kappa shape index (κ2) is 6.69. The first-order valence-electron chi connectivity index (χ1n) is 7.11. The standard InChI is InChI=1S/C18H24N2/c1-14-9-10-15(2)17(11-14)18(19)13-20(3)12-16-7-5-4-6-8-16/h4-11,18H,12-13,19H2,1-3H3. The number of nitrogens with two attached hydrogens (primary N) is 1. The van der Waals surface area contributed by atoms with Crippen molar-refractivity contribution in [2.75, 3.05) is 13.6 Å². The molecule has 1 atom stereocenters. The molecular formula is C18H24N2.